The molecule has 0 radical (unpaired) electrons. The van der Waals surface area contributed by atoms with Crippen LogP contribution >= 0.6 is 15.9 Å². The van der Waals surface area contributed by atoms with Crippen molar-refractivity contribution in [2.24, 2.45) is 0 Å². The molecular formula is C17H17BrO3. The van der Waals surface area contributed by atoms with Gasteiger partial charge in [-0.25, -0.2) is 0 Å². The molecule has 0 saturated heterocycles. The van der Waals surface area contributed by atoms with Crippen molar-refractivity contribution in [3.63, 3.8) is 0 Å². The molecule has 0 fully saturated rings. The summed E-state index contributed by atoms with van der Waals surface area (Å²) in [4.78, 5) is 0. The summed E-state index contributed by atoms with van der Waals surface area (Å²) in [6.45, 7) is 2.93. The molecule has 0 aromatic heterocycles. The number of benzene rings is 2. The summed E-state index contributed by atoms with van der Waals surface area (Å²) in [5, 5.41) is 9.61. The van der Waals surface area contributed by atoms with E-state index in [2.05, 4.69) is 22.0 Å². The second-order valence-electron chi connectivity index (χ2n) is 5.19. The Kier molecular flexibility index (Phi) is 4.17. The van der Waals surface area contributed by atoms with Gasteiger partial charge in [-0.05, 0) is 42.3 Å². The number of aliphatic hydroxyl groups excluding tert-OH is 1. The third-order valence-electron chi connectivity index (χ3n) is 3.56. The molecule has 1 aliphatic heterocycles. The first-order chi connectivity index (χ1) is 10.1. The Labute approximate surface area is 132 Å². The van der Waals surface area contributed by atoms with E-state index < -0.39 is 6.10 Å². The van der Waals surface area contributed by atoms with E-state index in [1.807, 2.05) is 30.3 Å². The lowest BCUT2D eigenvalue weighted by Crippen LogP contribution is -2.00. The van der Waals surface area contributed by atoms with E-state index in [1.165, 1.54) is 5.56 Å². The monoisotopic (exact) mass is 348 g/mol. The van der Waals surface area contributed by atoms with Gasteiger partial charge >= 0.3 is 0 Å². The SMILES string of the molecule is C[C@H](O)c1cccc(OCc2cc(Br)cc3c2OCC3)c1. The van der Waals surface area contributed by atoms with Crippen LogP contribution < -0.4 is 9.47 Å². The van der Waals surface area contributed by atoms with Gasteiger partial charge in [-0.15, -0.1) is 0 Å². The summed E-state index contributed by atoms with van der Waals surface area (Å²) < 4.78 is 12.6. The second kappa shape index (κ2) is 6.08. The van der Waals surface area contributed by atoms with Crippen LogP contribution in [-0.4, -0.2) is 11.7 Å². The van der Waals surface area contributed by atoms with Crippen LogP contribution in [0.1, 0.15) is 29.7 Å². The minimum Gasteiger partial charge on any atom is -0.493 e. The maximum Gasteiger partial charge on any atom is 0.129 e. The van der Waals surface area contributed by atoms with Crippen LogP contribution in [0.25, 0.3) is 0 Å². The number of hydrogen-bond acceptors (Lipinski definition) is 3. The minimum absolute atomic E-state index is 0.449. The van der Waals surface area contributed by atoms with Crippen LogP contribution in [-0.2, 0) is 13.0 Å². The summed E-state index contributed by atoms with van der Waals surface area (Å²) in [6.07, 6.45) is 0.450. The summed E-state index contributed by atoms with van der Waals surface area (Å²) in [7, 11) is 0. The van der Waals surface area contributed by atoms with Gasteiger partial charge in [0.15, 0.2) is 0 Å². The Bertz CT molecular complexity index is 652. The van der Waals surface area contributed by atoms with Crippen LogP contribution in [0.4, 0.5) is 0 Å². The van der Waals surface area contributed by atoms with E-state index in [0.29, 0.717) is 6.61 Å². The van der Waals surface area contributed by atoms with Gasteiger partial charge in [0, 0.05) is 16.5 Å². The van der Waals surface area contributed by atoms with E-state index in [1.54, 1.807) is 6.92 Å². The van der Waals surface area contributed by atoms with Crippen molar-refractivity contribution in [2.45, 2.75) is 26.1 Å². The Hall–Kier alpha value is -1.52. The lowest BCUT2D eigenvalue weighted by molar-refractivity contribution is 0.198. The van der Waals surface area contributed by atoms with E-state index in [4.69, 9.17) is 9.47 Å². The molecule has 1 N–H and O–H groups in total. The molecule has 2 aromatic rings. The Balaban J connectivity index is 1.78. The number of hydrogen-bond donors (Lipinski definition) is 1. The number of ether oxygens (including phenoxy) is 2. The Morgan fingerprint density at radius 1 is 1.33 bits per heavy atom. The predicted octanol–water partition coefficient (Wildman–Crippen LogP) is 4.02. The van der Waals surface area contributed by atoms with Crippen LogP contribution in [0.2, 0.25) is 0 Å². The van der Waals surface area contributed by atoms with Gasteiger partial charge in [0.25, 0.3) is 0 Å². The number of halogens is 1. The molecule has 1 aliphatic rings. The highest BCUT2D eigenvalue weighted by molar-refractivity contribution is 9.10. The van der Waals surface area contributed by atoms with Gasteiger partial charge in [0.05, 0.1) is 12.7 Å². The van der Waals surface area contributed by atoms with E-state index in [-0.39, 0.29) is 0 Å². The topological polar surface area (TPSA) is 38.7 Å². The zero-order chi connectivity index (χ0) is 14.8. The van der Waals surface area contributed by atoms with E-state index >= 15 is 0 Å². The van der Waals surface area contributed by atoms with Crippen LogP contribution in [0.15, 0.2) is 40.9 Å². The molecule has 0 saturated carbocycles. The third-order valence-corrected chi connectivity index (χ3v) is 4.02. The molecule has 0 bridgehead atoms. The zero-order valence-corrected chi connectivity index (χ0v) is 13.4. The lowest BCUT2D eigenvalue weighted by atomic mass is 10.1. The molecule has 1 heterocycles. The molecule has 2 aromatic carbocycles. The first kappa shape index (κ1) is 14.4. The maximum atomic E-state index is 9.61. The van der Waals surface area contributed by atoms with Crippen LogP contribution in [0.3, 0.4) is 0 Å². The first-order valence-electron chi connectivity index (χ1n) is 6.98. The van der Waals surface area contributed by atoms with Gasteiger partial charge in [-0.2, -0.15) is 0 Å². The highest BCUT2D eigenvalue weighted by Crippen LogP contribution is 2.33. The fourth-order valence-corrected chi connectivity index (χ4v) is 3.03. The second-order valence-corrected chi connectivity index (χ2v) is 6.10. The molecular weight excluding hydrogens is 332 g/mol. The van der Waals surface area contributed by atoms with Gasteiger partial charge in [0.2, 0.25) is 0 Å². The predicted molar refractivity (Wildman–Crippen MR) is 84.7 cm³/mol. The fourth-order valence-electron chi connectivity index (χ4n) is 2.48. The van der Waals surface area contributed by atoms with Gasteiger partial charge in [-0.3, -0.25) is 0 Å². The first-order valence-corrected chi connectivity index (χ1v) is 7.77. The van der Waals surface area contributed by atoms with Crippen LogP contribution in [0.5, 0.6) is 11.5 Å². The summed E-state index contributed by atoms with van der Waals surface area (Å²) in [5.41, 5.74) is 3.11. The molecule has 0 amide bonds. The minimum atomic E-state index is -0.494. The average molecular weight is 349 g/mol. The number of aliphatic hydroxyl groups is 1. The molecule has 21 heavy (non-hydrogen) atoms. The summed E-state index contributed by atoms with van der Waals surface area (Å²) >= 11 is 3.53. The van der Waals surface area contributed by atoms with Crippen molar-refractivity contribution in [1.82, 2.24) is 0 Å². The highest BCUT2D eigenvalue weighted by Gasteiger charge is 2.17. The number of fused-ring (bicyclic) bond motifs is 1. The van der Waals surface area contributed by atoms with Crippen molar-refractivity contribution in [1.29, 1.82) is 0 Å². The highest BCUT2D eigenvalue weighted by atomic mass is 79.9. The molecule has 0 aliphatic carbocycles. The third kappa shape index (κ3) is 3.22. The molecule has 4 heteroatoms. The molecule has 1 atom stereocenters. The summed E-state index contributed by atoms with van der Waals surface area (Å²) in [5.74, 6) is 1.70. The molecule has 3 nitrogen and oxygen atoms in total. The Morgan fingerprint density at radius 3 is 3.00 bits per heavy atom. The van der Waals surface area contributed by atoms with Crippen molar-refractivity contribution in [3.8, 4) is 11.5 Å². The van der Waals surface area contributed by atoms with Crippen LogP contribution in [0, 0.1) is 0 Å². The van der Waals surface area contributed by atoms with Gasteiger partial charge < -0.3 is 14.6 Å². The van der Waals surface area contributed by atoms with E-state index in [9.17, 15) is 5.11 Å². The zero-order valence-electron chi connectivity index (χ0n) is 11.8. The van der Waals surface area contributed by atoms with Crippen molar-refractivity contribution < 1.29 is 14.6 Å². The lowest BCUT2D eigenvalue weighted by Gasteiger charge is -2.12. The van der Waals surface area contributed by atoms with Crippen molar-refractivity contribution in [3.05, 3.63) is 57.6 Å². The van der Waals surface area contributed by atoms with Gasteiger partial charge in [-0.1, -0.05) is 28.1 Å². The standard InChI is InChI=1S/C17H17BrO3/c1-11(19)12-3-2-4-16(9-12)21-10-14-8-15(18)7-13-5-6-20-17(13)14/h2-4,7-9,11,19H,5-6,10H2,1H3/t11-/m0/s1. The van der Waals surface area contributed by atoms with Crippen molar-refractivity contribution >= 4 is 15.9 Å². The quantitative estimate of drug-likeness (QED) is 0.906. The normalized spacial score (nSPS) is 14.4. The van der Waals surface area contributed by atoms with Gasteiger partial charge in [0.1, 0.15) is 18.1 Å². The Morgan fingerprint density at radius 2 is 2.19 bits per heavy atom. The molecule has 110 valence electrons. The number of rotatable bonds is 4. The maximum absolute atomic E-state index is 9.61. The van der Waals surface area contributed by atoms with Crippen molar-refractivity contribution in [2.75, 3.05) is 6.61 Å². The summed E-state index contributed by atoms with van der Waals surface area (Å²) in [6, 6.07) is 11.7. The average Bonchev–Trinajstić information content (AvgIpc) is 2.93. The largest absolute Gasteiger partial charge is 0.493 e. The molecule has 0 spiro atoms. The molecule has 0 unspecified atom stereocenters. The van der Waals surface area contributed by atoms with E-state index in [0.717, 1.165) is 40.1 Å². The molecule has 3 rings (SSSR count). The fraction of sp³-hybridized carbons (Fsp3) is 0.294. The smallest absolute Gasteiger partial charge is 0.129 e.